The number of alkyl halides is 6. The number of fused-ring (bicyclic) bond motifs is 3. The van der Waals surface area contributed by atoms with Gasteiger partial charge in [-0.3, -0.25) is 4.98 Å². The zero-order valence-electron chi connectivity index (χ0n) is 20.9. The van der Waals surface area contributed by atoms with Crippen LogP contribution in [-0.4, -0.2) is 45.4 Å². The van der Waals surface area contributed by atoms with E-state index in [1.807, 2.05) is 9.80 Å². The monoisotopic (exact) mass is 551 g/mol. The van der Waals surface area contributed by atoms with Gasteiger partial charge in [0.2, 0.25) is 11.9 Å². The zero-order chi connectivity index (χ0) is 27.4. The highest BCUT2D eigenvalue weighted by molar-refractivity contribution is 5.59. The molecule has 3 atom stereocenters. The van der Waals surface area contributed by atoms with E-state index in [1.165, 1.54) is 18.3 Å². The summed E-state index contributed by atoms with van der Waals surface area (Å²) in [7, 11) is 0. The predicted molar refractivity (Wildman–Crippen MR) is 133 cm³/mol. The van der Waals surface area contributed by atoms with Gasteiger partial charge in [0, 0.05) is 49.8 Å². The van der Waals surface area contributed by atoms with Gasteiger partial charge in [-0.15, -0.1) is 5.10 Å². The van der Waals surface area contributed by atoms with Crippen LogP contribution in [0.4, 0.5) is 49.6 Å². The molecule has 0 spiro atoms. The van der Waals surface area contributed by atoms with Crippen molar-refractivity contribution in [3.05, 3.63) is 53.9 Å². The Morgan fingerprint density at radius 1 is 0.821 bits per heavy atom. The molecule has 4 heterocycles. The molecule has 2 fully saturated rings. The molecule has 39 heavy (non-hydrogen) atoms. The normalized spacial score (nSPS) is 23.5. The van der Waals surface area contributed by atoms with E-state index in [1.54, 1.807) is 10.7 Å². The van der Waals surface area contributed by atoms with Crippen molar-refractivity contribution < 1.29 is 26.3 Å². The van der Waals surface area contributed by atoms with Crippen LogP contribution in [0.5, 0.6) is 0 Å². The Hall–Kier alpha value is -3.51. The van der Waals surface area contributed by atoms with Gasteiger partial charge in [-0.25, -0.2) is 4.68 Å². The number of anilines is 4. The van der Waals surface area contributed by atoms with E-state index >= 15 is 0 Å². The lowest BCUT2D eigenvalue weighted by atomic mass is 9.92. The molecule has 2 aromatic heterocycles. The van der Waals surface area contributed by atoms with Crippen molar-refractivity contribution in [2.24, 2.45) is 11.8 Å². The molecule has 0 amide bonds. The maximum atomic E-state index is 13.2. The quantitative estimate of drug-likeness (QED) is 0.404. The SMILES string of the molecule is FC(F)(F)c1ccc(N2CCCCn3nc(N[C@@H]4[C@@H]5CC[C@H]4CN(c4ccnc(C(F)(F)F)c4)C5)nc32)cc1. The van der Waals surface area contributed by atoms with E-state index in [0.29, 0.717) is 49.5 Å². The molecule has 1 N–H and O–H groups in total. The second kappa shape index (κ2) is 9.60. The van der Waals surface area contributed by atoms with Crippen molar-refractivity contribution >= 4 is 23.3 Å². The van der Waals surface area contributed by atoms with Crippen LogP contribution in [0, 0.1) is 11.8 Å². The van der Waals surface area contributed by atoms with Crippen molar-refractivity contribution in [3.63, 3.8) is 0 Å². The van der Waals surface area contributed by atoms with Crippen LogP contribution < -0.4 is 15.1 Å². The number of piperidine rings is 1. The number of benzene rings is 1. The van der Waals surface area contributed by atoms with E-state index in [4.69, 9.17) is 4.98 Å². The summed E-state index contributed by atoms with van der Waals surface area (Å²) in [5.41, 5.74) is -0.456. The van der Waals surface area contributed by atoms with Gasteiger partial charge >= 0.3 is 12.4 Å². The number of hydrogen-bond acceptors (Lipinski definition) is 6. The fraction of sp³-hybridized carbons (Fsp3) is 0.500. The number of pyridine rings is 1. The molecule has 0 unspecified atom stereocenters. The predicted octanol–water partition coefficient (Wildman–Crippen LogP) is 5.97. The first-order valence-electron chi connectivity index (χ1n) is 13.0. The highest BCUT2D eigenvalue weighted by Crippen LogP contribution is 2.41. The van der Waals surface area contributed by atoms with E-state index in [9.17, 15) is 26.3 Å². The smallest absolute Gasteiger partial charge is 0.371 e. The molecule has 13 heteroatoms. The van der Waals surface area contributed by atoms with Gasteiger partial charge in [0.25, 0.3) is 0 Å². The van der Waals surface area contributed by atoms with Crippen LogP contribution >= 0.6 is 0 Å². The topological polar surface area (TPSA) is 62.1 Å². The lowest BCUT2D eigenvalue weighted by molar-refractivity contribution is -0.141. The molecule has 3 aromatic rings. The molecule has 7 nitrogen and oxygen atoms in total. The summed E-state index contributed by atoms with van der Waals surface area (Å²) in [5, 5.41) is 8.17. The largest absolute Gasteiger partial charge is 0.433 e. The van der Waals surface area contributed by atoms with Crippen LogP contribution in [0.1, 0.15) is 36.9 Å². The van der Waals surface area contributed by atoms with E-state index < -0.39 is 23.6 Å². The molecule has 2 aliphatic heterocycles. The first-order valence-corrected chi connectivity index (χ1v) is 13.0. The van der Waals surface area contributed by atoms with Gasteiger partial charge in [0.15, 0.2) is 0 Å². The molecular weight excluding hydrogens is 524 g/mol. The molecule has 1 saturated heterocycles. The second-order valence-corrected chi connectivity index (χ2v) is 10.4. The minimum Gasteiger partial charge on any atom is -0.371 e. The standard InChI is InChI=1S/C26H27F6N7/c27-25(28,29)18-5-7-19(8-6-18)38-11-1-2-12-39-24(38)35-23(36-39)34-22-16-3-4-17(22)15-37(14-16)20-9-10-33-21(13-20)26(30,31)32/h5-10,13,16-17,22H,1-4,11-12,14-15H2,(H,34,36)/t16-,17+,22-. The maximum Gasteiger partial charge on any atom is 0.433 e. The van der Waals surface area contributed by atoms with E-state index in [2.05, 4.69) is 15.4 Å². The summed E-state index contributed by atoms with van der Waals surface area (Å²) in [6, 6.07) is 7.87. The molecule has 2 bridgehead atoms. The van der Waals surface area contributed by atoms with Crippen LogP contribution in [0.15, 0.2) is 42.6 Å². The van der Waals surface area contributed by atoms with Crippen LogP contribution in [0.2, 0.25) is 0 Å². The average Bonchev–Trinajstić information content (AvgIpc) is 3.30. The minimum atomic E-state index is -4.49. The molecule has 3 aliphatic rings. The molecule has 208 valence electrons. The van der Waals surface area contributed by atoms with Crippen molar-refractivity contribution in [2.75, 3.05) is 34.8 Å². The maximum absolute atomic E-state index is 13.2. The minimum absolute atomic E-state index is 0.0799. The number of nitrogens with zero attached hydrogens (tertiary/aromatic N) is 6. The average molecular weight is 552 g/mol. The van der Waals surface area contributed by atoms with Crippen molar-refractivity contribution in [3.8, 4) is 0 Å². The Kier molecular flexibility index (Phi) is 6.34. The van der Waals surface area contributed by atoms with Crippen molar-refractivity contribution in [2.45, 2.75) is 50.6 Å². The summed E-state index contributed by atoms with van der Waals surface area (Å²) in [4.78, 5) is 12.1. The van der Waals surface area contributed by atoms with Crippen molar-refractivity contribution in [1.82, 2.24) is 19.7 Å². The van der Waals surface area contributed by atoms with Gasteiger partial charge in [0.05, 0.1) is 5.56 Å². The van der Waals surface area contributed by atoms with E-state index in [0.717, 1.165) is 43.9 Å². The molecule has 1 aliphatic carbocycles. The second-order valence-electron chi connectivity index (χ2n) is 10.4. The van der Waals surface area contributed by atoms with Crippen LogP contribution in [-0.2, 0) is 18.9 Å². The van der Waals surface area contributed by atoms with Gasteiger partial charge in [-0.2, -0.15) is 31.3 Å². The molecule has 0 radical (unpaired) electrons. The third-order valence-electron chi connectivity index (χ3n) is 7.93. The molecule has 6 rings (SSSR count). The van der Waals surface area contributed by atoms with Gasteiger partial charge in [0.1, 0.15) is 5.69 Å². The summed E-state index contributed by atoms with van der Waals surface area (Å²) >= 11 is 0. The third kappa shape index (κ3) is 5.10. The Morgan fingerprint density at radius 2 is 1.51 bits per heavy atom. The molecule has 1 saturated carbocycles. The fourth-order valence-corrected chi connectivity index (χ4v) is 6.04. The third-order valence-corrected chi connectivity index (χ3v) is 7.93. The number of halogens is 6. The lowest BCUT2D eigenvalue weighted by Crippen LogP contribution is -2.48. The summed E-state index contributed by atoms with van der Waals surface area (Å²) in [5.74, 6) is 1.46. The Morgan fingerprint density at radius 3 is 2.18 bits per heavy atom. The fourth-order valence-electron chi connectivity index (χ4n) is 6.04. The lowest BCUT2D eigenvalue weighted by Gasteiger charge is -2.39. The van der Waals surface area contributed by atoms with Gasteiger partial charge < -0.3 is 15.1 Å². The summed E-state index contributed by atoms with van der Waals surface area (Å²) < 4.78 is 80.5. The highest BCUT2D eigenvalue weighted by atomic mass is 19.4. The van der Waals surface area contributed by atoms with E-state index in [-0.39, 0.29) is 17.9 Å². The highest BCUT2D eigenvalue weighted by Gasteiger charge is 2.43. The van der Waals surface area contributed by atoms with Crippen molar-refractivity contribution in [1.29, 1.82) is 0 Å². The first kappa shape index (κ1) is 25.8. The number of hydrogen-bond donors (Lipinski definition) is 1. The number of aryl methyl sites for hydroxylation is 1. The summed E-state index contributed by atoms with van der Waals surface area (Å²) in [6.45, 7) is 2.48. The van der Waals surface area contributed by atoms with Gasteiger partial charge in [-0.05, 0) is 73.9 Å². The molecule has 1 aromatic carbocycles. The van der Waals surface area contributed by atoms with Crippen LogP contribution in [0.3, 0.4) is 0 Å². The Balaban J connectivity index is 1.19. The molecular formula is C26H27F6N7. The number of nitrogens with one attached hydrogen (secondary N) is 1. The zero-order valence-corrected chi connectivity index (χ0v) is 20.9. The Bertz CT molecular complexity index is 1310. The summed E-state index contributed by atoms with van der Waals surface area (Å²) in [6.07, 6.45) is -4.09. The first-order chi connectivity index (χ1) is 18.6. The number of rotatable bonds is 4. The number of aromatic nitrogens is 4. The Labute approximate surface area is 220 Å². The van der Waals surface area contributed by atoms with Gasteiger partial charge in [-0.1, -0.05) is 0 Å². The van der Waals surface area contributed by atoms with Crippen LogP contribution in [0.25, 0.3) is 0 Å².